The van der Waals surface area contributed by atoms with Crippen LogP contribution in [0.1, 0.15) is 29.9 Å². The van der Waals surface area contributed by atoms with Crippen molar-refractivity contribution in [1.29, 1.82) is 0 Å². The SMILES string of the molecule is COc1cccc(-c2c(C(=O)OCC(C)C)c(C)[nH+]c3c2c(=O)n(C)c(=O)n3C)c1. The maximum Gasteiger partial charge on any atom is 0.417 e. The lowest BCUT2D eigenvalue weighted by atomic mass is 9.95. The van der Waals surface area contributed by atoms with E-state index in [1.54, 1.807) is 45.3 Å². The second kappa shape index (κ2) is 8.14. The molecule has 0 amide bonds. The molecule has 8 nitrogen and oxygen atoms in total. The number of aromatic nitrogens is 3. The van der Waals surface area contributed by atoms with Crippen molar-refractivity contribution in [3.05, 3.63) is 56.4 Å². The first kappa shape index (κ1) is 21.3. The molecule has 0 saturated carbocycles. The van der Waals surface area contributed by atoms with Gasteiger partial charge in [0.15, 0.2) is 0 Å². The quantitative estimate of drug-likeness (QED) is 0.596. The highest BCUT2D eigenvalue weighted by Gasteiger charge is 2.29. The number of rotatable bonds is 5. The summed E-state index contributed by atoms with van der Waals surface area (Å²) >= 11 is 0. The number of H-pyrrole nitrogens is 1. The fraction of sp³-hybridized carbons (Fsp3) is 0.364. The van der Waals surface area contributed by atoms with Gasteiger partial charge in [-0.2, -0.15) is 4.57 Å². The number of carbonyl (C=O) groups is 1. The van der Waals surface area contributed by atoms with Crippen molar-refractivity contribution in [2.75, 3.05) is 13.7 Å². The number of esters is 1. The van der Waals surface area contributed by atoms with Gasteiger partial charge in [-0.25, -0.2) is 19.1 Å². The number of nitrogens with one attached hydrogen (secondary N) is 1. The van der Waals surface area contributed by atoms with Crippen LogP contribution in [0, 0.1) is 12.8 Å². The van der Waals surface area contributed by atoms with Crippen LogP contribution in [-0.2, 0) is 18.8 Å². The van der Waals surface area contributed by atoms with Crippen molar-refractivity contribution in [2.24, 2.45) is 20.0 Å². The number of ether oxygens (including phenoxy) is 2. The number of pyridine rings is 1. The molecule has 0 aliphatic rings. The molecule has 2 aromatic heterocycles. The zero-order valence-corrected chi connectivity index (χ0v) is 18.0. The normalized spacial score (nSPS) is 11.2. The monoisotopic (exact) mass is 412 g/mol. The third-order valence-corrected chi connectivity index (χ3v) is 4.96. The summed E-state index contributed by atoms with van der Waals surface area (Å²) in [4.78, 5) is 41.7. The van der Waals surface area contributed by atoms with Crippen LogP contribution in [0.15, 0.2) is 33.9 Å². The summed E-state index contributed by atoms with van der Waals surface area (Å²) in [5.74, 6) is 0.204. The Balaban J connectivity index is 2.49. The molecular weight excluding hydrogens is 386 g/mol. The van der Waals surface area contributed by atoms with Gasteiger partial charge in [-0.05, 0) is 30.5 Å². The molecule has 0 aliphatic heterocycles. The molecule has 0 saturated heterocycles. The lowest BCUT2D eigenvalue weighted by Crippen LogP contribution is -2.40. The minimum atomic E-state index is -0.534. The van der Waals surface area contributed by atoms with E-state index < -0.39 is 17.2 Å². The van der Waals surface area contributed by atoms with Gasteiger partial charge in [0.05, 0.1) is 20.8 Å². The molecular formula is C22H26N3O5+. The lowest BCUT2D eigenvalue weighted by Gasteiger charge is -2.15. The van der Waals surface area contributed by atoms with Crippen molar-refractivity contribution >= 4 is 17.0 Å². The van der Waals surface area contributed by atoms with E-state index in [2.05, 4.69) is 4.98 Å². The van der Waals surface area contributed by atoms with Crippen LogP contribution >= 0.6 is 0 Å². The van der Waals surface area contributed by atoms with Gasteiger partial charge >= 0.3 is 11.7 Å². The van der Waals surface area contributed by atoms with Crippen molar-refractivity contribution in [2.45, 2.75) is 20.8 Å². The summed E-state index contributed by atoms with van der Waals surface area (Å²) < 4.78 is 13.2. The van der Waals surface area contributed by atoms with E-state index in [1.165, 1.54) is 11.6 Å². The van der Waals surface area contributed by atoms with E-state index in [-0.39, 0.29) is 23.5 Å². The van der Waals surface area contributed by atoms with Crippen LogP contribution in [0.4, 0.5) is 0 Å². The second-order valence-electron chi connectivity index (χ2n) is 7.65. The van der Waals surface area contributed by atoms with Gasteiger partial charge in [-0.3, -0.25) is 4.79 Å². The van der Waals surface area contributed by atoms with E-state index in [4.69, 9.17) is 9.47 Å². The lowest BCUT2D eigenvalue weighted by molar-refractivity contribution is -0.359. The summed E-state index contributed by atoms with van der Waals surface area (Å²) in [6.45, 7) is 5.86. The summed E-state index contributed by atoms with van der Waals surface area (Å²) in [5, 5.41) is 0.231. The number of hydrogen-bond acceptors (Lipinski definition) is 5. The van der Waals surface area contributed by atoms with E-state index in [0.717, 1.165) is 4.57 Å². The maximum absolute atomic E-state index is 13.1. The van der Waals surface area contributed by atoms with E-state index in [0.29, 0.717) is 28.2 Å². The summed E-state index contributed by atoms with van der Waals surface area (Å²) in [7, 11) is 4.53. The Hall–Kier alpha value is -3.42. The first-order valence-corrected chi connectivity index (χ1v) is 9.64. The zero-order chi connectivity index (χ0) is 22.2. The molecule has 2 heterocycles. The number of methoxy groups -OCH3 is 1. The molecule has 1 aromatic carbocycles. The van der Waals surface area contributed by atoms with Crippen molar-refractivity contribution < 1.29 is 19.3 Å². The average Bonchev–Trinajstić information content (AvgIpc) is 2.73. The topological polar surface area (TPSA) is 93.7 Å². The molecule has 158 valence electrons. The first-order chi connectivity index (χ1) is 14.2. The van der Waals surface area contributed by atoms with Crippen molar-refractivity contribution in [3.8, 4) is 16.9 Å². The molecule has 0 bridgehead atoms. The molecule has 0 aliphatic carbocycles. The van der Waals surface area contributed by atoms with Crippen LogP contribution < -0.4 is 21.0 Å². The number of hydrogen-bond donors (Lipinski definition) is 0. The Morgan fingerprint density at radius 2 is 1.87 bits per heavy atom. The van der Waals surface area contributed by atoms with Gasteiger partial charge in [-0.15, -0.1) is 0 Å². The van der Waals surface area contributed by atoms with Gasteiger partial charge in [0, 0.05) is 12.6 Å². The molecule has 3 rings (SSSR count). The molecule has 0 fully saturated rings. The molecule has 0 spiro atoms. The predicted molar refractivity (Wildman–Crippen MR) is 113 cm³/mol. The minimum absolute atomic E-state index is 0.160. The fourth-order valence-electron chi connectivity index (χ4n) is 3.41. The minimum Gasteiger partial charge on any atom is -0.497 e. The number of fused-ring (bicyclic) bond motifs is 1. The van der Waals surface area contributed by atoms with Crippen LogP contribution in [-0.4, -0.2) is 28.8 Å². The Kier molecular flexibility index (Phi) is 5.78. The second-order valence-corrected chi connectivity index (χ2v) is 7.65. The van der Waals surface area contributed by atoms with Crippen molar-refractivity contribution in [3.63, 3.8) is 0 Å². The zero-order valence-electron chi connectivity index (χ0n) is 18.0. The number of aromatic amines is 1. The fourth-order valence-corrected chi connectivity index (χ4v) is 3.41. The molecule has 3 aromatic rings. The summed E-state index contributed by atoms with van der Waals surface area (Å²) in [5.41, 5.74) is 1.15. The molecule has 30 heavy (non-hydrogen) atoms. The molecule has 0 atom stereocenters. The molecule has 8 heteroatoms. The first-order valence-electron chi connectivity index (χ1n) is 9.64. The van der Waals surface area contributed by atoms with Crippen LogP contribution in [0.2, 0.25) is 0 Å². The highest BCUT2D eigenvalue weighted by Crippen LogP contribution is 2.32. The van der Waals surface area contributed by atoms with Gasteiger partial charge in [0.1, 0.15) is 22.4 Å². The number of nitrogens with zero attached hydrogens (tertiary/aromatic N) is 2. The summed E-state index contributed by atoms with van der Waals surface area (Å²) in [6.07, 6.45) is 0. The van der Waals surface area contributed by atoms with E-state index >= 15 is 0 Å². The summed E-state index contributed by atoms with van der Waals surface area (Å²) in [6, 6.07) is 7.10. The van der Waals surface area contributed by atoms with Gasteiger partial charge in [0.2, 0.25) is 0 Å². The smallest absolute Gasteiger partial charge is 0.417 e. The van der Waals surface area contributed by atoms with Gasteiger partial charge in [0.25, 0.3) is 11.2 Å². The van der Waals surface area contributed by atoms with E-state index in [9.17, 15) is 14.4 Å². The molecule has 1 N–H and O–H groups in total. The third-order valence-electron chi connectivity index (χ3n) is 4.96. The Morgan fingerprint density at radius 3 is 2.50 bits per heavy atom. The highest BCUT2D eigenvalue weighted by atomic mass is 16.5. The molecule has 0 unspecified atom stereocenters. The van der Waals surface area contributed by atoms with Crippen LogP contribution in [0.25, 0.3) is 22.2 Å². The number of benzene rings is 1. The van der Waals surface area contributed by atoms with Gasteiger partial charge in [-0.1, -0.05) is 26.0 Å². The van der Waals surface area contributed by atoms with E-state index in [1.807, 2.05) is 13.8 Å². The van der Waals surface area contributed by atoms with Crippen molar-refractivity contribution in [1.82, 2.24) is 9.13 Å². The number of aryl methyl sites for hydroxylation is 2. The van der Waals surface area contributed by atoms with Crippen LogP contribution in [0.3, 0.4) is 0 Å². The highest BCUT2D eigenvalue weighted by molar-refractivity contribution is 6.06. The average molecular weight is 412 g/mol. The molecule has 0 radical (unpaired) electrons. The number of carbonyl (C=O) groups excluding carboxylic acids is 1. The Labute approximate surface area is 173 Å². The van der Waals surface area contributed by atoms with Crippen LogP contribution in [0.5, 0.6) is 5.75 Å². The third kappa shape index (κ3) is 3.60. The van der Waals surface area contributed by atoms with Gasteiger partial charge < -0.3 is 9.47 Å². The Bertz CT molecular complexity index is 1250. The predicted octanol–water partition coefficient (Wildman–Crippen LogP) is 1.85. The maximum atomic E-state index is 13.1. The largest absolute Gasteiger partial charge is 0.497 e. The Morgan fingerprint density at radius 1 is 1.17 bits per heavy atom. The standard InChI is InChI=1S/C22H25N3O5/c1-12(2)11-30-21(27)16-13(3)23-19-18(20(26)25(5)22(28)24(19)4)17(16)14-8-7-9-15(10-14)29-6/h7-10,12H,11H2,1-6H3/p+1.